The molecule has 2 saturated heterocycles. The van der Waals surface area contributed by atoms with Gasteiger partial charge in [-0.05, 0) is 97.7 Å². The van der Waals surface area contributed by atoms with E-state index in [1.54, 1.807) is 30.6 Å². The number of likely N-dealkylation sites (N-methyl/N-ethyl adjacent to an activating group) is 1. The summed E-state index contributed by atoms with van der Waals surface area (Å²) >= 11 is 0. The number of hydrogen-bond acceptors (Lipinski definition) is 12. The minimum Gasteiger partial charge on any atom is -0.455 e. The summed E-state index contributed by atoms with van der Waals surface area (Å²) in [6.45, 7) is 13.3. The molecule has 0 unspecified atom stereocenters. The zero-order valence-corrected chi connectivity index (χ0v) is 38.5. The van der Waals surface area contributed by atoms with Gasteiger partial charge in [0.05, 0.1) is 22.9 Å². The second kappa shape index (κ2) is 18.7. The normalized spacial score (nSPS) is 19.9. The van der Waals surface area contributed by atoms with Crippen LogP contribution in [0.15, 0.2) is 84.1 Å². The van der Waals surface area contributed by atoms with E-state index in [1.807, 2.05) is 12.1 Å². The number of nitrogens with one attached hydrogen (secondary N) is 3. The van der Waals surface area contributed by atoms with E-state index in [4.69, 9.17) is 4.74 Å². The standard InChI is InChI=1S/C49H61N9O6S/c1-4-55-22-23-57(44(32-55)41-13-9-8-12-40(41)33(2)3)37-27-49(28-37)17-20-56(21-18-49)36-14-15-42(45(25-36)64-38-24-35-16-19-50-46(35)52-30-38)48(59)54-65(62,63)39-26-43(58(60)61)47(53-31-39)51-29-34-10-6-5-7-11-34/h8-9,12-16,19,24-26,30-31,33-34,37,44H,4-7,10-11,17-18,20-23,27-29,32H2,1-3H3,(H,50,52)(H,51,53)(H,54,59)/t44-/m1/s1. The third kappa shape index (κ3) is 9.57. The van der Waals surface area contributed by atoms with Gasteiger partial charge in [0.1, 0.15) is 22.0 Å². The number of aromatic amines is 1. The number of nitro groups is 1. The molecule has 16 heteroatoms. The van der Waals surface area contributed by atoms with Crippen molar-refractivity contribution in [2.45, 2.75) is 101 Å². The first-order chi connectivity index (χ1) is 31.4. The van der Waals surface area contributed by atoms with Gasteiger partial charge in [-0.3, -0.25) is 19.8 Å². The molecule has 4 aliphatic rings. The number of aromatic nitrogens is 3. The average molecular weight is 904 g/mol. The number of pyridine rings is 2. The van der Waals surface area contributed by atoms with Gasteiger partial charge in [-0.2, -0.15) is 0 Å². The number of rotatable bonds is 14. The fraction of sp³-hybridized carbons (Fsp3) is 0.490. The summed E-state index contributed by atoms with van der Waals surface area (Å²) in [7, 11) is -4.59. The summed E-state index contributed by atoms with van der Waals surface area (Å²) in [6, 6.07) is 19.7. The smallest absolute Gasteiger partial charge is 0.312 e. The topological polar surface area (TPSA) is 179 Å². The van der Waals surface area contributed by atoms with Crippen molar-refractivity contribution >= 4 is 44.2 Å². The van der Waals surface area contributed by atoms with Gasteiger partial charge in [0, 0.05) is 80.8 Å². The SMILES string of the molecule is CCN1CCN(C2CC3(CCN(c4ccc(C(=O)NS(=O)(=O)c5cnc(NCC6CCCCC6)c([N+](=O)[O-])c5)c(Oc5cnc6[nH]ccc6c5)c4)CC3)C2)[C@@H](c2ccccc2C(C)C)C1. The Morgan fingerprint density at radius 2 is 1.77 bits per heavy atom. The van der Waals surface area contributed by atoms with Gasteiger partial charge in [0.2, 0.25) is 5.82 Å². The van der Waals surface area contributed by atoms with Gasteiger partial charge < -0.3 is 24.8 Å². The maximum atomic E-state index is 14.0. The molecule has 0 radical (unpaired) electrons. The van der Waals surface area contributed by atoms with Gasteiger partial charge >= 0.3 is 5.69 Å². The van der Waals surface area contributed by atoms with Crippen molar-refractivity contribution in [3.05, 3.63) is 106 Å². The summed E-state index contributed by atoms with van der Waals surface area (Å²) in [6.07, 6.45) is 14.3. The Morgan fingerprint density at radius 1 is 0.985 bits per heavy atom. The monoisotopic (exact) mass is 903 g/mol. The summed E-state index contributed by atoms with van der Waals surface area (Å²) in [5.74, 6) is 0.400. The number of benzene rings is 2. The molecule has 1 amide bonds. The lowest BCUT2D eigenvalue weighted by Crippen LogP contribution is -2.60. The quantitative estimate of drug-likeness (QED) is 0.0713. The number of ether oxygens (including phenoxy) is 1. The Labute approximate surface area is 381 Å². The van der Waals surface area contributed by atoms with Crippen LogP contribution in [0.1, 0.15) is 112 Å². The van der Waals surface area contributed by atoms with E-state index in [2.05, 4.69) is 84.7 Å². The van der Waals surface area contributed by atoms with E-state index in [0.717, 1.165) is 101 Å². The van der Waals surface area contributed by atoms with Gasteiger partial charge in [-0.15, -0.1) is 0 Å². The minimum absolute atomic E-state index is 0.00625. The lowest BCUT2D eigenvalue weighted by atomic mass is 9.59. The highest BCUT2D eigenvalue weighted by Crippen LogP contribution is 2.53. The van der Waals surface area contributed by atoms with Crippen LogP contribution in [0.3, 0.4) is 0 Å². The average Bonchev–Trinajstić information content (AvgIpc) is 3.78. The maximum Gasteiger partial charge on any atom is 0.312 e. The molecular formula is C49H61N9O6S. The molecule has 1 spiro atoms. The lowest BCUT2D eigenvalue weighted by Gasteiger charge is -2.58. The van der Waals surface area contributed by atoms with Crippen molar-refractivity contribution in [3.63, 3.8) is 0 Å². The Morgan fingerprint density at radius 3 is 2.52 bits per heavy atom. The van der Waals surface area contributed by atoms with Gasteiger partial charge in [-0.25, -0.2) is 23.1 Å². The predicted molar refractivity (Wildman–Crippen MR) is 252 cm³/mol. The summed E-state index contributed by atoms with van der Waals surface area (Å²) in [4.78, 5) is 44.3. The Kier molecular flexibility index (Phi) is 12.9. The molecule has 4 fully saturated rings. The number of amides is 1. The molecule has 5 heterocycles. The number of piperazine rings is 1. The van der Waals surface area contributed by atoms with Crippen molar-refractivity contribution in [1.82, 2.24) is 29.5 Å². The minimum atomic E-state index is -4.59. The van der Waals surface area contributed by atoms with Gasteiger partial charge in [0.25, 0.3) is 15.9 Å². The maximum absolute atomic E-state index is 14.0. The van der Waals surface area contributed by atoms with Crippen LogP contribution in [0.2, 0.25) is 0 Å². The first-order valence-electron chi connectivity index (χ1n) is 23.4. The highest BCUT2D eigenvalue weighted by molar-refractivity contribution is 7.90. The molecule has 9 rings (SSSR count). The third-order valence-corrected chi connectivity index (χ3v) is 15.9. The zero-order valence-electron chi connectivity index (χ0n) is 37.7. The Bertz CT molecular complexity index is 2630. The van der Waals surface area contributed by atoms with Crippen LogP contribution in [-0.4, -0.2) is 95.9 Å². The molecule has 3 N–H and O–H groups in total. The molecule has 5 aromatic rings. The molecule has 2 aliphatic heterocycles. The van der Waals surface area contributed by atoms with Crippen LogP contribution in [0.25, 0.3) is 11.0 Å². The summed E-state index contributed by atoms with van der Waals surface area (Å²) in [5, 5.41) is 16.0. The van der Waals surface area contributed by atoms with E-state index in [1.165, 1.54) is 30.4 Å². The first kappa shape index (κ1) is 44.6. The van der Waals surface area contributed by atoms with Gasteiger partial charge in [-0.1, -0.05) is 64.3 Å². The van der Waals surface area contributed by atoms with E-state index in [9.17, 15) is 23.3 Å². The van der Waals surface area contributed by atoms with Crippen LogP contribution >= 0.6 is 0 Å². The summed E-state index contributed by atoms with van der Waals surface area (Å²) in [5.41, 5.74) is 4.23. The number of anilines is 2. The third-order valence-electron chi connectivity index (χ3n) is 14.6. The number of nitrogens with zero attached hydrogens (tertiary/aromatic N) is 6. The Hall–Kier alpha value is -5.58. The van der Waals surface area contributed by atoms with E-state index in [-0.39, 0.29) is 22.5 Å². The van der Waals surface area contributed by atoms with Crippen LogP contribution < -0.4 is 19.7 Å². The van der Waals surface area contributed by atoms with Crippen LogP contribution in [0, 0.1) is 21.4 Å². The van der Waals surface area contributed by atoms with Crippen LogP contribution in [0.5, 0.6) is 11.5 Å². The molecule has 2 aromatic carbocycles. The van der Waals surface area contributed by atoms with Gasteiger partial charge in [0.15, 0.2) is 0 Å². The van der Waals surface area contributed by atoms with Crippen LogP contribution in [0.4, 0.5) is 17.2 Å². The second-order valence-corrected chi connectivity index (χ2v) is 20.6. The Balaban J connectivity index is 0.907. The second-order valence-electron chi connectivity index (χ2n) is 19.0. The number of carbonyl (C=O) groups is 1. The fourth-order valence-corrected chi connectivity index (χ4v) is 11.8. The number of piperidine rings is 1. The molecule has 2 aliphatic carbocycles. The fourth-order valence-electron chi connectivity index (χ4n) is 10.8. The van der Waals surface area contributed by atoms with E-state index >= 15 is 0 Å². The zero-order chi connectivity index (χ0) is 45.3. The molecule has 3 aromatic heterocycles. The number of hydrogen-bond donors (Lipinski definition) is 3. The van der Waals surface area contributed by atoms with Crippen molar-refractivity contribution in [1.29, 1.82) is 0 Å². The predicted octanol–water partition coefficient (Wildman–Crippen LogP) is 9.02. The van der Waals surface area contributed by atoms with Crippen LogP contribution in [-0.2, 0) is 10.0 Å². The lowest BCUT2D eigenvalue weighted by molar-refractivity contribution is -0.384. The highest BCUT2D eigenvalue weighted by atomic mass is 32.2. The van der Waals surface area contributed by atoms with Crippen molar-refractivity contribution < 1.29 is 22.9 Å². The molecule has 65 heavy (non-hydrogen) atoms. The number of fused-ring (bicyclic) bond motifs is 1. The summed E-state index contributed by atoms with van der Waals surface area (Å²) < 4.78 is 35.9. The largest absolute Gasteiger partial charge is 0.455 e. The van der Waals surface area contributed by atoms with Crippen molar-refractivity contribution in [2.75, 3.05) is 56.0 Å². The van der Waals surface area contributed by atoms with Crippen molar-refractivity contribution in [2.24, 2.45) is 11.3 Å². The van der Waals surface area contributed by atoms with E-state index < -0.39 is 31.4 Å². The molecule has 15 nitrogen and oxygen atoms in total. The first-order valence-corrected chi connectivity index (χ1v) is 24.9. The number of H-pyrrole nitrogens is 1. The molecular weight excluding hydrogens is 843 g/mol. The number of sulfonamides is 1. The molecule has 344 valence electrons. The molecule has 1 atom stereocenters. The van der Waals surface area contributed by atoms with Crippen molar-refractivity contribution in [3.8, 4) is 11.5 Å². The van der Waals surface area contributed by atoms with E-state index in [0.29, 0.717) is 41.9 Å². The molecule has 0 bridgehead atoms. The molecule has 2 saturated carbocycles. The highest BCUT2D eigenvalue weighted by Gasteiger charge is 2.50. The number of carbonyl (C=O) groups excluding carboxylic acids is 1.